The van der Waals surface area contributed by atoms with Crippen LogP contribution in [0.5, 0.6) is 0 Å². The second kappa shape index (κ2) is 20.4. The van der Waals surface area contributed by atoms with Gasteiger partial charge in [-0.2, -0.15) is 4.91 Å². The number of nitroso groups, excluding NO2 is 1. The van der Waals surface area contributed by atoms with E-state index in [2.05, 4.69) is 17.7 Å². The molecule has 59 heavy (non-hydrogen) atoms. The number of aliphatic hydroxyl groups is 3. The minimum atomic E-state index is -1.77. The maximum absolute atomic E-state index is 14.5. The lowest BCUT2D eigenvalue weighted by atomic mass is 9.72. The molecule has 0 saturated carbocycles. The third kappa shape index (κ3) is 10.9. The predicted molar refractivity (Wildman–Crippen MR) is 220 cm³/mol. The Morgan fingerprint density at radius 1 is 1.03 bits per heavy atom. The molecule has 4 saturated heterocycles. The first-order chi connectivity index (χ1) is 27.6. The summed E-state index contributed by atoms with van der Waals surface area (Å²) in [6, 6.07) is -1.25. The monoisotopic (exact) mass is 839 g/mol. The van der Waals surface area contributed by atoms with Crippen LogP contribution < -0.4 is 0 Å². The summed E-state index contributed by atoms with van der Waals surface area (Å²) in [5.74, 6) is -0.840. The van der Waals surface area contributed by atoms with E-state index >= 15 is 0 Å². The molecule has 3 unspecified atom stereocenters. The molecule has 4 aliphatic rings. The summed E-state index contributed by atoms with van der Waals surface area (Å²) in [5.41, 5.74) is -3.53. The van der Waals surface area contributed by atoms with Crippen molar-refractivity contribution < 1.29 is 58.0 Å². The third-order valence-electron chi connectivity index (χ3n) is 13.7. The lowest BCUT2D eigenvalue weighted by Gasteiger charge is -2.50. The van der Waals surface area contributed by atoms with Gasteiger partial charge in [0.1, 0.15) is 23.9 Å². The number of terminal acetylenes is 1. The predicted octanol–water partition coefficient (Wildman–Crippen LogP) is 4.36. The number of ether oxygens (including phenoxy) is 8. The van der Waals surface area contributed by atoms with E-state index in [0.717, 1.165) is 0 Å². The average molecular weight is 839 g/mol. The van der Waals surface area contributed by atoms with Crippen LogP contribution >= 0.6 is 0 Å². The zero-order valence-electron chi connectivity index (χ0n) is 37.5. The van der Waals surface area contributed by atoms with Gasteiger partial charge in [0.15, 0.2) is 12.6 Å². The molecule has 0 aromatic carbocycles. The highest BCUT2D eigenvalue weighted by atomic mass is 16.7. The van der Waals surface area contributed by atoms with Gasteiger partial charge < -0.3 is 53.2 Å². The molecule has 15 heteroatoms. The number of hydrogen-bond donors (Lipinski definition) is 3. The van der Waals surface area contributed by atoms with E-state index in [9.17, 15) is 25.0 Å². The molecule has 2 bridgehead atoms. The van der Waals surface area contributed by atoms with Crippen molar-refractivity contribution in [3.8, 4) is 12.3 Å². The number of aliphatic hydroxyl groups excluding tert-OH is 2. The number of carbonyl (C=O) groups is 1. The van der Waals surface area contributed by atoms with Crippen LogP contribution in [0.15, 0.2) is 17.3 Å². The Balaban J connectivity index is 1.95. The van der Waals surface area contributed by atoms with Gasteiger partial charge in [-0.3, -0.25) is 9.69 Å². The first-order valence-electron chi connectivity index (χ1n) is 21.4. The van der Waals surface area contributed by atoms with Crippen LogP contribution in [-0.2, 0) is 42.7 Å². The highest BCUT2D eigenvalue weighted by molar-refractivity contribution is 5.73. The molecule has 0 radical (unpaired) electrons. The number of rotatable bonds is 10. The van der Waals surface area contributed by atoms with Crippen LogP contribution in [0.25, 0.3) is 0 Å². The number of nitrogens with zero attached hydrogens (tertiary/aromatic N) is 2. The van der Waals surface area contributed by atoms with Gasteiger partial charge in [-0.1, -0.05) is 39.5 Å². The topological polar surface area (TPSA) is 184 Å². The van der Waals surface area contributed by atoms with Crippen LogP contribution in [0.1, 0.15) is 101 Å². The van der Waals surface area contributed by atoms with Crippen molar-refractivity contribution in [3.63, 3.8) is 0 Å². The van der Waals surface area contributed by atoms with E-state index in [4.69, 9.17) is 44.3 Å². The minimum absolute atomic E-state index is 0.0151. The van der Waals surface area contributed by atoms with Crippen molar-refractivity contribution in [1.29, 1.82) is 0 Å². The van der Waals surface area contributed by atoms with E-state index in [1.54, 1.807) is 34.6 Å². The van der Waals surface area contributed by atoms with Gasteiger partial charge >= 0.3 is 5.97 Å². The lowest BCUT2D eigenvalue weighted by Crippen LogP contribution is -2.62. The van der Waals surface area contributed by atoms with Gasteiger partial charge in [0.05, 0.1) is 66.9 Å². The minimum Gasteiger partial charge on any atom is -0.459 e. The van der Waals surface area contributed by atoms with Gasteiger partial charge in [0.25, 0.3) is 0 Å². The largest absolute Gasteiger partial charge is 0.459 e. The summed E-state index contributed by atoms with van der Waals surface area (Å²) in [6.07, 6.45) is -2.11. The molecule has 0 aliphatic carbocycles. The smallest absolute Gasteiger partial charge is 0.311 e. The second-order valence-corrected chi connectivity index (χ2v) is 18.6. The summed E-state index contributed by atoms with van der Waals surface area (Å²) in [6.45, 7) is 22.7. The molecule has 4 rings (SSSR count). The fourth-order valence-corrected chi connectivity index (χ4v) is 10.1. The lowest BCUT2D eigenvalue weighted by molar-refractivity contribution is -0.320. The number of esters is 1. The molecule has 0 amide bonds. The quantitative estimate of drug-likeness (QED) is 0.122. The highest BCUT2D eigenvalue weighted by Crippen LogP contribution is 2.44. The number of cyclic esters (lactones) is 1. The van der Waals surface area contributed by atoms with Crippen molar-refractivity contribution in [2.75, 3.05) is 33.9 Å². The Morgan fingerprint density at radius 3 is 2.32 bits per heavy atom. The Labute approximate surface area is 352 Å². The number of fused-ring (bicyclic) bond motifs is 5. The Kier molecular flexibility index (Phi) is 17.2. The Bertz CT molecular complexity index is 1460. The highest BCUT2D eigenvalue weighted by Gasteiger charge is 2.55. The third-order valence-corrected chi connectivity index (χ3v) is 13.7. The average Bonchev–Trinajstić information content (AvgIpc) is 3.19. The van der Waals surface area contributed by atoms with Gasteiger partial charge in [-0.25, -0.2) is 0 Å². The van der Waals surface area contributed by atoms with Crippen molar-refractivity contribution in [1.82, 2.24) is 4.90 Å². The maximum atomic E-state index is 14.5. The molecule has 19 atom stereocenters. The van der Waals surface area contributed by atoms with Crippen molar-refractivity contribution >= 4 is 5.97 Å². The zero-order valence-corrected chi connectivity index (χ0v) is 37.5. The molecule has 0 aromatic heterocycles. The molecule has 338 valence electrons. The Hall–Kier alpha value is -2.07. The molecule has 4 aliphatic heterocycles. The van der Waals surface area contributed by atoms with Crippen LogP contribution in [-0.4, -0.2) is 150 Å². The van der Waals surface area contributed by atoms with Gasteiger partial charge in [0, 0.05) is 44.4 Å². The normalized spacial score (nSPS) is 47.0. The maximum Gasteiger partial charge on any atom is 0.311 e. The molecule has 0 aromatic rings. The Morgan fingerprint density at radius 2 is 1.71 bits per heavy atom. The molecule has 4 fully saturated rings. The van der Waals surface area contributed by atoms with Crippen LogP contribution in [0.3, 0.4) is 0 Å². The zero-order chi connectivity index (χ0) is 44.2. The van der Waals surface area contributed by atoms with Crippen LogP contribution in [0.4, 0.5) is 0 Å². The summed E-state index contributed by atoms with van der Waals surface area (Å²) in [4.78, 5) is 29.5. The van der Waals surface area contributed by atoms with Crippen molar-refractivity contribution in [2.45, 2.75) is 192 Å². The molecular weight excluding hydrogens is 764 g/mol. The van der Waals surface area contributed by atoms with Crippen molar-refractivity contribution in [2.24, 2.45) is 28.8 Å². The van der Waals surface area contributed by atoms with Crippen LogP contribution in [0, 0.1) is 40.9 Å². The van der Waals surface area contributed by atoms with Gasteiger partial charge in [0.2, 0.25) is 0 Å². The summed E-state index contributed by atoms with van der Waals surface area (Å²) >= 11 is 0. The van der Waals surface area contributed by atoms with E-state index in [0.29, 0.717) is 25.0 Å². The fraction of sp³-hybridized carbons (Fsp3) is 0.886. The first-order valence-corrected chi connectivity index (χ1v) is 21.4. The number of hydrogen-bond acceptors (Lipinski definition) is 15. The first kappa shape index (κ1) is 49.6. The van der Waals surface area contributed by atoms with E-state index in [-0.39, 0.29) is 44.6 Å². The summed E-state index contributed by atoms with van der Waals surface area (Å²) < 4.78 is 51.9. The van der Waals surface area contributed by atoms with E-state index in [1.165, 1.54) is 7.11 Å². The molecule has 4 heterocycles. The molecule has 15 nitrogen and oxygen atoms in total. The van der Waals surface area contributed by atoms with E-state index in [1.807, 2.05) is 46.6 Å². The van der Waals surface area contributed by atoms with Gasteiger partial charge in [-0.15, -0.1) is 12.3 Å². The number of carbonyl (C=O) groups excluding carboxylic acids is 1. The molecule has 3 N–H and O–H groups in total. The molecular formula is C44H74N2O13. The fourth-order valence-electron chi connectivity index (χ4n) is 10.1. The van der Waals surface area contributed by atoms with Crippen molar-refractivity contribution in [3.05, 3.63) is 17.1 Å². The molecule has 0 spiro atoms. The van der Waals surface area contributed by atoms with Crippen LogP contribution in [0.2, 0.25) is 0 Å². The number of likely N-dealkylation sites (N-methyl/N-ethyl adjacent to an activating group) is 1. The summed E-state index contributed by atoms with van der Waals surface area (Å²) in [5, 5.41) is 39.1. The van der Waals surface area contributed by atoms with Gasteiger partial charge in [-0.05, 0) is 79.3 Å². The second-order valence-electron chi connectivity index (χ2n) is 18.6. The van der Waals surface area contributed by atoms with E-state index < -0.39 is 108 Å². The standard InChI is InChI=1S/C44H74N2O13/c1-15-17-18-46(13)31-19-26(5)55-41(35(31)47)59-38-28(7)36(58-33-21-42(10,52-14)37(48)30(9)56-33)29(8)40(49)57-32(16-2)44(12,50)39-27(6)34(45-51)25(4)20-43(38,11)54-23-24(3)22-53-39/h1,25-39,41,47-48,50H,3,16-23H2,2,4-14H3/t25-,26-,27+,28+,29-,30+,31+,32-,33?,34?,35-,36+,37+,38-,39-,41?,42-,43-,44-/m1/s1. The number of methoxy groups -OCH3 is 1. The summed E-state index contributed by atoms with van der Waals surface area (Å²) in [7, 11) is 3.42. The SMILES string of the molecule is C#CCCN(C)[C@H]1C[C@@H](C)OC(O[C@@H]2[C@@H](C)[C@H](OC3C[C@@](C)(OC)[C@@H](O)[C@H](C)O3)[C@@H](C)C(=O)O[C@H](CC)[C@@](C)(O)[C@@H]3OCC(=C)CO[C@]2(C)C[C@@H](C)C(N=O)[C@@H]3C)[C@@H]1O.